The number of carbonyl (C=O) groups is 2. The molecule has 1 atom stereocenters. The summed E-state index contributed by atoms with van der Waals surface area (Å²) in [5.41, 5.74) is 8.29. The molecule has 6 aromatic rings. The zero-order valence-electron chi connectivity index (χ0n) is 32.3. The second-order valence-electron chi connectivity index (χ2n) is 14.3. The summed E-state index contributed by atoms with van der Waals surface area (Å²) in [5, 5.41) is 18.1. The van der Waals surface area contributed by atoms with Gasteiger partial charge in [0, 0.05) is 65.9 Å². The highest BCUT2D eigenvalue weighted by Crippen LogP contribution is 2.46. The van der Waals surface area contributed by atoms with E-state index in [0.29, 0.717) is 65.8 Å². The number of carbonyl (C=O) groups excluding carboxylic acids is 1. The van der Waals surface area contributed by atoms with E-state index >= 15 is 4.79 Å². The van der Waals surface area contributed by atoms with Gasteiger partial charge in [-0.2, -0.15) is 5.10 Å². The van der Waals surface area contributed by atoms with E-state index in [4.69, 9.17) is 42.5 Å². The molecule has 0 saturated carbocycles. The minimum Gasteiger partial charge on any atom is -0.497 e. The average Bonchev–Trinajstić information content (AvgIpc) is 3.75. The third-order valence-corrected chi connectivity index (χ3v) is 11.7. The molecule has 0 bridgehead atoms. The van der Waals surface area contributed by atoms with Crippen molar-refractivity contribution in [1.82, 2.24) is 18.9 Å². The molecule has 55 heavy (non-hydrogen) atoms. The molecular formula is C42H45Cl2N5O6. The van der Waals surface area contributed by atoms with Crippen molar-refractivity contribution >= 4 is 62.7 Å². The van der Waals surface area contributed by atoms with E-state index < -0.39 is 5.97 Å². The van der Waals surface area contributed by atoms with Crippen LogP contribution in [0.15, 0.2) is 42.5 Å². The van der Waals surface area contributed by atoms with Crippen LogP contribution in [0.1, 0.15) is 68.3 Å². The van der Waals surface area contributed by atoms with Gasteiger partial charge in [0.15, 0.2) is 0 Å². The number of hydrogen-bond donors (Lipinski definition) is 1. The molecule has 1 aliphatic heterocycles. The Hall–Kier alpha value is -4.97. The summed E-state index contributed by atoms with van der Waals surface area (Å²) in [6.07, 6.45) is 1.12. The Bertz CT molecular complexity index is 2490. The van der Waals surface area contributed by atoms with Crippen molar-refractivity contribution in [1.29, 1.82) is 0 Å². The number of rotatable bonds is 12. The zero-order chi connectivity index (χ0) is 39.5. The van der Waals surface area contributed by atoms with Gasteiger partial charge in [-0.3, -0.25) is 14.4 Å². The molecule has 13 heteroatoms. The van der Waals surface area contributed by atoms with Crippen molar-refractivity contribution in [3.8, 4) is 22.6 Å². The molecule has 1 N–H and O–H groups in total. The van der Waals surface area contributed by atoms with Crippen LogP contribution in [0.25, 0.3) is 32.9 Å². The van der Waals surface area contributed by atoms with Crippen molar-refractivity contribution in [3.63, 3.8) is 0 Å². The molecule has 4 heterocycles. The predicted octanol–water partition coefficient (Wildman–Crippen LogP) is 9.12. The van der Waals surface area contributed by atoms with Gasteiger partial charge in [0.05, 0.1) is 42.1 Å². The Morgan fingerprint density at radius 2 is 1.69 bits per heavy atom. The summed E-state index contributed by atoms with van der Waals surface area (Å²) in [4.78, 5) is 30.2. The van der Waals surface area contributed by atoms with E-state index in [1.165, 1.54) is 7.11 Å². The molecule has 3 aromatic heterocycles. The topological polar surface area (TPSA) is 113 Å². The second-order valence-corrected chi connectivity index (χ2v) is 15.1. The lowest BCUT2D eigenvalue weighted by Gasteiger charge is -2.35. The van der Waals surface area contributed by atoms with Crippen LogP contribution >= 0.6 is 23.2 Å². The first kappa shape index (κ1) is 38.3. The number of carboxylic acid groups (broad SMARTS) is 1. The molecule has 0 saturated heterocycles. The first-order valence-electron chi connectivity index (χ1n) is 18.3. The molecule has 0 fully saturated rings. The molecule has 3 aromatic carbocycles. The van der Waals surface area contributed by atoms with Crippen LogP contribution in [0.5, 0.6) is 11.5 Å². The molecule has 11 nitrogen and oxygen atoms in total. The lowest BCUT2D eigenvalue weighted by atomic mass is 9.98. The fourth-order valence-electron chi connectivity index (χ4n) is 8.26. The number of halogens is 2. The van der Waals surface area contributed by atoms with Gasteiger partial charge in [-0.1, -0.05) is 29.3 Å². The van der Waals surface area contributed by atoms with E-state index in [1.54, 1.807) is 24.1 Å². The van der Waals surface area contributed by atoms with Gasteiger partial charge in [-0.25, -0.2) is 4.79 Å². The van der Waals surface area contributed by atoms with Crippen molar-refractivity contribution in [3.05, 3.63) is 91.8 Å². The quantitative estimate of drug-likeness (QED) is 0.123. The van der Waals surface area contributed by atoms with E-state index in [2.05, 4.69) is 11.5 Å². The van der Waals surface area contributed by atoms with Gasteiger partial charge in [0.2, 0.25) is 0 Å². The van der Waals surface area contributed by atoms with Gasteiger partial charge in [-0.05, 0) is 101 Å². The Morgan fingerprint density at radius 1 is 0.964 bits per heavy atom. The number of aryl methyl sites for hydroxylation is 5. The minimum absolute atomic E-state index is 0.0314. The monoisotopic (exact) mass is 785 g/mol. The van der Waals surface area contributed by atoms with Crippen molar-refractivity contribution in [2.24, 2.45) is 7.05 Å². The third kappa shape index (κ3) is 6.41. The van der Waals surface area contributed by atoms with Crippen LogP contribution in [0, 0.1) is 27.7 Å². The van der Waals surface area contributed by atoms with Gasteiger partial charge in [0.25, 0.3) is 5.91 Å². The SMILES string of the molecule is COCCn1c(N2C[C@@H](C)n3c(c(CCCOc4cc(C)c(Cl)c(C)c4)c4ccc(Cl)c(-c5c(C)nn(C)c5C)c43)C2=O)c(C(=O)O)c2cc(OC)ccc21. The Kier molecular flexibility index (Phi) is 10.4. The molecule has 0 aliphatic carbocycles. The summed E-state index contributed by atoms with van der Waals surface area (Å²) >= 11 is 13.5. The maximum atomic E-state index is 15.3. The maximum absolute atomic E-state index is 15.3. The van der Waals surface area contributed by atoms with Crippen molar-refractivity contribution in [2.75, 3.05) is 38.9 Å². The lowest BCUT2D eigenvalue weighted by molar-refractivity contribution is 0.0699. The van der Waals surface area contributed by atoms with Crippen LogP contribution in [-0.2, 0) is 24.8 Å². The molecule has 7 rings (SSSR count). The fraction of sp³-hybridized carbons (Fsp3) is 0.357. The Balaban J connectivity index is 1.42. The maximum Gasteiger partial charge on any atom is 0.340 e. The summed E-state index contributed by atoms with van der Waals surface area (Å²) < 4.78 is 23.0. The number of ether oxygens (including phenoxy) is 3. The smallest absolute Gasteiger partial charge is 0.340 e. The average molecular weight is 787 g/mol. The van der Waals surface area contributed by atoms with Gasteiger partial charge < -0.3 is 28.5 Å². The van der Waals surface area contributed by atoms with Gasteiger partial charge in [-0.15, -0.1) is 0 Å². The molecule has 0 spiro atoms. The Morgan fingerprint density at radius 3 is 2.33 bits per heavy atom. The van der Waals surface area contributed by atoms with E-state index in [-0.39, 0.29) is 24.1 Å². The third-order valence-electron chi connectivity index (χ3n) is 10.8. The van der Waals surface area contributed by atoms with Crippen LogP contribution in [0.3, 0.4) is 0 Å². The molecule has 1 amide bonds. The summed E-state index contributed by atoms with van der Waals surface area (Å²) in [5.74, 6) is 0.116. The molecule has 288 valence electrons. The summed E-state index contributed by atoms with van der Waals surface area (Å²) in [6, 6.07) is 12.8. The highest BCUT2D eigenvalue weighted by molar-refractivity contribution is 6.35. The second kappa shape index (κ2) is 14.9. The highest BCUT2D eigenvalue weighted by atomic mass is 35.5. The summed E-state index contributed by atoms with van der Waals surface area (Å²) in [7, 11) is 5.04. The van der Waals surface area contributed by atoms with Crippen LogP contribution in [0.2, 0.25) is 10.0 Å². The number of aromatic carboxylic acids is 1. The van der Waals surface area contributed by atoms with Crippen molar-refractivity contribution < 1.29 is 28.9 Å². The minimum atomic E-state index is -1.14. The predicted molar refractivity (Wildman–Crippen MR) is 217 cm³/mol. The molecule has 1 aliphatic rings. The normalized spacial score (nSPS) is 14.3. The fourth-order valence-corrected chi connectivity index (χ4v) is 8.62. The first-order valence-corrected chi connectivity index (χ1v) is 19.0. The largest absolute Gasteiger partial charge is 0.497 e. The zero-order valence-corrected chi connectivity index (χ0v) is 33.9. The highest BCUT2D eigenvalue weighted by Gasteiger charge is 2.40. The van der Waals surface area contributed by atoms with Crippen LogP contribution < -0.4 is 14.4 Å². The van der Waals surface area contributed by atoms with Gasteiger partial charge >= 0.3 is 5.97 Å². The number of anilines is 1. The summed E-state index contributed by atoms with van der Waals surface area (Å²) in [6.45, 7) is 11.2. The number of methoxy groups -OCH3 is 2. The number of hydrogen-bond acceptors (Lipinski definition) is 6. The van der Waals surface area contributed by atoms with E-state index in [0.717, 1.165) is 60.9 Å². The van der Waals surface area contributed by atoms with Gasteiger partial charge in [0.1, 0.15) is 28.6 Å². The number of carboxylic acids is 1. The lowest BCUT2D eigenvalue weighted by Crippen LogP contribution is -2.44. The standard InChI is InChI=1S/C42H45Cl2N5O6/c1-22-18-28(19-23(2)37(22)44)55-16-9-10-29-30-12-13-32(43)36(34-25(4)45-46(6)26(34)5)38(30)49-24(3)21-48(41(50)39(29)49)40-35(42(51)52)31-20-27(54-8)11-14-33(31)47(40)15-17-53-7/h11-14,18-20,24H,9-10,15-17,21H2,1-8H3,(H,51,52)/t24-/m1/s1. The molecule has 0 radical (unpaired) electrons. The van der Waals surface area contributed by atoms with E-state index in [9.17, 15) is 9.90 Å². The van der Waals surface area contributed by atoms with Crippen LogP contribution in [0.4, 0.5) is 5.82 Å². The van der Waals surface area contributed by atoms with Crippen LogP contribution in [-0.4, -0.2) is 69.9 Å². The number of benzene rings is 3. The van der Waals surface area contributed by atoms with E-state index in [1.807, 2.05) is 74.3 Å². The van der Waals surface area contributed by atoms with Crippen molar-refractivity contribution in [2.45, 2.75) is 60.0 Å². The first-order chi connectivity index (χ1) is 26.3. The Labute approximate surface area is 329 Å². The number of amides is 1. The molecule has 0 unspecified atom stereocenters. The number of aromatic nitrogens is 4. The number of nitrogens with zero attached hydrogens (tertiary/aromatic N) is 5. The molecular weight excluding hydrogens is 741 g/mol. The number of fused-ring (bicyclic) bond motifs is 4.